The van der Waals surface area contributed by atoms with Gasteiger partial charge in [-0.2, -0.15) is 0 Å². The van der Waals surface area contributed by atoms with Crippen molar-refractivity contribution in [3.8, 4) is 5.75 Å². The number of hydrogen-bond acceptors (Lipinski definition) is 5. The van der Waals surface area contributed by atoms with Crippen molar-refractivity contribution in [2.24, 2.45) is 0 Å². The molecule has 2 aromatic rings. The molecule has 0 aliphatic rings. The van der Waals surface area contributed by atoms with Gasteiger partial charge in [0.2, 0.25) is 0 Å². The number of carbonyl (C=O) groups is 1. The summed E-state index contributed by atoms with van der Waals surface area (Å²) in [7, 11) is -4.01. The summed E-state index contributed by atoms with van der Waals surface area (Å²) < 4.78 is 32.2. The van der Waals surface area contributed by atoms with Gasteiger partial charge < -0.3 is 4.74 Å². The van der Waals surface area contributed by atoms with Crippen LogP contribution < -0.4 is 9.46 Å². The Morgan fingerprint density at radius 3 is 2.73 bits per heavy atom. The molecule has 0 unspecified atom stereocenters. The Morgan fingerprint density at radius 2 is 2.05 bits per heavy atom. The van der Waals surface area contributed by atoms with Crippen LogP contribution in [-0.2, 0) is 10.0 Å². The molecule has 2 rings (SSSR count). The maximum atomic E-state index is 12.2. The second-order valence-electron chi connectivity index (χ2n) is 4.20. The van der Waals surface area contributed by atoms with Crippen molar-refractivity contribution in [2.75, 3.05) is 6.61 Å². The van der Waals surface area contributed by atoms with Gasteiger partial charge >= 0.3 is 0 Å². The molecule has 1 amide bonds. The van der Waals surface area contributed by atoms with Crippen LogP contribution in [-0.4, -0.2) is 25.9 Å². The number of sulfonamides is 1. The summed E-state index contributed by atoms with van der Waals surface area (Å²) in [6.07, 6.45) is 2.61. The van der Waals surface area contributed by atoms with Crippen molar-refractivity contribution < 1.29 is 17.9 Å². The van der Waals surface area contributed by atoms with Gasteiger partial charge in [-0.3, -0.25) is 9.78 Å². The van der Waals surface area contributed by atoms with Crippen molar-refractivity contribution >= 4 is 31.9 Å². The standard InChI is InChI=1S/C14H13BrN2O4S/c1-2-21-13-6-4-3-5-12(13)14(18)17-22(19,20)11-7-10(15)8-16-9-11/h3-9H,2H2,1H3,(H,17,18). The summed E-state index contributed by atoms with van der Waals surface area (Å²) >= 11 is 3.14. The summed E-state index contributed by atoms with van der Waals surface area (Å²) in [6.45, 7) is 2.14. The third kappa shape index (κ3) is 3.83. The van der Waals surface area contributed by atoms with E-state index in [1.54, 1.807) is 25.1 Å². The highest BCUT2D eigenvalue weighted by atomic mass is 79.9. The maximum absolute atomic E-state index is 12.2. The normalized spacial score (nSPS) is 11.0. The van der Waals surface area contributed by atoms with E-state index in [1.807, 2.05) is 4.72 Å². The molecule has 0 spiro atoms. The number of rotatable bonds is 5. The van der Waals surface area contributed by atoms with Crippen molar-refractivity contribution in [1.29, 1.82) is 0 Å². The molecule has 0 saturated heterocycles. The van der Waals surface area contributed by atoms with Crippen molar-refractivity contribution in [3.63, 3.8) is 0 Å². The minimum Gasteiger partial charge on any atom is -0.493 e. The van der Waals surface area contributed by atoms with Crippen LogP contribution in [0.1, 0.15) is 17.3 Å². The molecule has 1 aromatic heterocycles. The van der Waals surface area contributed by atoms with Gasteiger partial charge in [0.05, 0.1) is 12.2 Å². The minimum atomic E-state index is -4.01. The lowest BCUT2D eigenvalue weighted by Crippen LogP contribution is -2.31. The van der Waals surface area contributed by atoms with E-state index in [0.717, 1.165) is 6.20 Å². The van der Waals surface area contributed by atoms with Crippen LogP contribution in [0, 0.1) is 0 Å². The van der Waals surface area contributed by atoms with Gasteiger partial charge in [0.25, 0.3) is 15.9 Å². The zero-order valence-electron chi connectivity index (χ0n) is 11.6. The van der Waals surface area contributed by atoms with Crippen LogP contribution in [0.5, 0.6) is 5.75 Å². The lowest BCUT2D eigenvalue weighted by atomic mass is 10.2. The molecule has 0 fully saturated rings. The first-order chi connectivity index (χ1) is 10.4. The van der Waals surface area contributed by atoms with E-state index in [-0.39, 0.29) is 10.5 Å². The van der Waals surface area contributed by atoms with Gasteiger partial charge in [0.1, 0.15) is 10.6 Å². The monoisotopic (exact) mass is 384 g/mol. The average Bonchev–Trinajstić information content (AvgIpc) is 2.47. The van der Waals surface area contributed by atoms with Gasteiger partial charge in [-0.1, -0.05) is 12.1 Å². The van der Waals surface area contributed by atoms with Crippen LogP contribution in [0.15, 0.2) is 52.1 Å². The van der Waals surface area contributed by atoms with Crippen LogP contribution >= 0.6 is 15.9 Å². The first kappa shape index (κ1) is 16.4. The maximum Gasteiger partial charge on any atom is 0.268 e. The summed E-state index contributed by atoms with van der Waals surface area (Å²) in [5.41, 5.74) is 0.149. The second kappa shape index (κ2) is 6.89. The highest BCUT2D eigenvalue weighted by molar-refractivity contribution is 9.10. The fourth-order valence-electron chi connectivity index (χ4n) is 1.71. The van der Waals surface area contributed by atoms with Crippen molar-refractivity contribution in [3.05, 3.63) is 52.8 Å². The Morgan fingerprint density at radius 1 is 1.32 bits per heavy atom. The van der Waals surface area contributed by atoms with E-state index in [1.165, 1.54) is 18.3 Å². The predicted octanol–water partition coefficient (Wildman–Crippen LogP) is 2.36. The molecular weight excluding hydrogens is 372 g/mol. The van der Waals surface area contributed by atoms with E-state index in [4.69, 9.17) is 4.74 Å². The molecular formula is C14H13BrN2O4S. The molecule has 1 aromatic carbocycles. The Kier molecular flexibility index (Phi) is 5.15. The first-order valence-electron chi connectivity index (χ1n) is 6.33. The SMILES string of the molecule is CCOc1ccccc1C(=O)NS(=O)(=O)c1cncc(Br)c1. The van der Waals surface area contributed by atoms with Crippen LogP contribution in [0.25, 0.3) is 0 Å². The van der Waals surface area contributed by atoms with Gasteiger partial charge in [-0.05, 0) is 41.1 Å². The molecule has 0 aliphatic carbocycles. The minimum absolute atomic E-state index is 0.107. The number of aromatic nitrogens is 1. The lowest BCUT2D eigenvalue weighted by molar-refractivity contribution is 0.0977. The van der Waals surface area contributed by atoms with E-state index in [2.05, 4.69) is 20.9 Å². The molecule has 1 N–H and O–H groups in total. The Labute approximate surface area is 136 Å². The summed E-state index contributed by atoms with van der Waals surface area (Å²) in [6, 6.07) is 7.79. The Hall–Kier alpha value is -1.93. The summed E-state index contributed by atoms with van der Waals surface area (Å²) in [5.74, 6) is -0.436. The number of benzene rings is 1. The highest BCUT2D eigenvalue weighted by Crippen LogP contribution is 2.19. The third-order valence-electron chi connectivity index (χ3n) is 2.65. The van der Waals surface area contributed by atoms with Gasteiger partial charge in [-0.15, -0.1) is 0 Å². The van der Waals surface area contributed by atoms with Crippen LogP contribution in [0.3, 0.4) is 0 Å². The molecule has 6 nitrogen and oxygen atoms in total. The first-order valence-corrected chi connectivity index (χ1v) is 8.61. The predicted molar refractivity (Wildman–Crippen MR) is 84.2 cm³/mol. The average molecular weight is 385 g/mol. The number of carbonyl (C=O) groups excluding carboxylic acids is 1. The van der Waals surface area contributed by atoms with E-state index in [0.29, 0.717) is 16.8 Å². The number of nitrogens with one attached hydrogen (secondary N) is 1. The van der Waals surface area contributed by atoms with E-state index >= 15 is 0 Å². The number of amides is 1. The van der Waals surface area contributed by atoms with E-state index in [9.17, 15) is 13.2 Å². The molecule has 0 bridgehead atoms. The fourth-order valence-corrected chi connectivity index (χ4v) is 3.18. The summed E-state index contributed by atoms with van der Waals surface area (Å²) in [5, 5.41) is 0. The van der Waals surface area contributed by atoms with E-state index < -0.39 is 15.9 Å². The Balaban J connectivity index is 2.29. The molecule has 8 heteroatoms. The van der Waals surface area contributed by atoms with Crippen LogP contribution in [0.2, 0.25) is 0 Å². The quantitative estimate of drug-likeness (QED) is 0.854. The smallest absolute Gasteiger partial charge is 0.268 e. The number of para-hydroxylation sites is 1. The number of hydrogen-bond donors (Lipinski definition) is 1. The molecule has 0 radical (unpaired) electrons. The zero-order valence-corrected chi connectivity index (χ0v) is 14.0. The molecule has 22 heavy (non-hydrogen) atoms. The summed E-state index contributed by atoms with van der Waals surface area (Å²) in [4.78, 5) is 15.9. The van der Waals surface area contributed by atoms with Gasteiger partial charge in [-0.25, -0.2) is 13.1 Å². The Bertz CT molecular complexity index is 793. The second-order valence-corrected chi connectivity index (χ2v) is 6.80. The molecule has 0 aliphatic heterocycles. The number of nitrogens with zero attached hydrogens (tertiary/aromatic N) is 1. The van der Waals surface area contributed by atoms with Crippen molar-refractivity contribution in [1.82, 2.24) is 9.71 Å². The third-order valence-corrected chi connectivity index (χ3v) is 4.38. The van der Waals surface area contributed by atoms with Gasteiger partial charge in [0.15, 0.2) is 0 Å². The molecule has 1 heterocycles. The van der Waals surface area contributed by atoms with Crippen molar-refractivity contribution in [2.45, 2.75) is 11.8 Å². The highest BCUT2D eigenvalue weighted by Gasteiger charge is 2.21. The fraction of sp³-hybridized carbons (Fsp3) is 0.143. The van der Waals surface area contributed by atoms with Gasteiger partial charge in [0, 0.05) is 16.9 Å². The number of halogens is 1. The lowest BCUT2D eigenvalue weighted by Gasteiger charge is -2.10. The molecule has 0 atom stereocenters. The molecule has 116 valence electrons. The number of pyridine rings is 1. The van der Waals surface area contributed by atoms with Crippen LogP contribution in [0.4, 0.5) is 0 Å². The zero-order chi connectivity index (χ0) is 16.2. The topological polar surface area (TPSA) is 85.4 Å². The number of ether oxygens (including phenoxy) is 1. The molecule has 0 saturated carbocycles. The largest absolute Gasteiger partial charge is 0.493 e.